The number of aromatic nitrogens is 2. The molecule has 1 aromatic heterocycles. The van der Waals surface area contributed by atoms with Gasteiger partial charge in [0.25, 0.3) is 0 Å². The molecule has 4 nitrogen and oxygen atoms in total. The summed E-state index contributed by atoms with van der Waals surface area (Å²) in [5, 5.41) is 3.56. The number of nitrogens with zero attached hydrogens (tertiary/aromatic N) is 2. The van der Waals surface area contributed by atoms with Gasteiger partial charge in [-0.15, -0.1) is 0 Å². The van der Waals surface area contributed by atoms with Crippen LogP contribution in [0.1, 0.15) is 45.1 Å². The second-order valence-corrected chi connectivity index (χ2v) is 4.80. The summed E-state index contributed by atoms with van der Waals surface area (Å²) in [5.74, 6) is 1.00. The van der Waals surface area contributed by atoms with Crippen molar-refractivity contribution in [3.05, 3.63) is 12.4 Å². The Morgan fingerprint density at radius 2 is 2.29 bits per heavy atom. The van der Waals surface area contributed by atoms with Crippen molar-refractivity contribution in [1.29, 1.82) is 0 Å². The summed E-state index contributed by atoms with van der Waals surface area (Å²) in [4.78, 5) is 4.43. The number of ether oxygens (including phenoxy) is 1. The Kier molecular flexibility index (Phi) is 4.42. The van der Waals surface area contributed by atoms with Gasteiger partial charge < -0.3 is 14.6 Å². The largest absolute Gasteiger partial charge is 0.383 e. The van der Waals surface area contributed by atoms with E-state index in [2.05, 4.69) is 21.8 Å². The highest BCUT2D eigenvalue weighted by atomic mass is 16.5. The zero-order chi connectivity index (χ0) is 12.1. The summed E-state index contributed by atoms with van der Waals surface area (Å²) in [6, 6.07) is 0.989. The zero-order valence-corrected chi connectivity index (χ0v) is 10.9. The summed E-state index contributed by atoms with van der Waals surface area (Å²) in [6.45, 7) is 2.93. The SMILES string of the molecule is CCC(COC)n1ccnc1NC1CCCC1. The number of imidazole rings is 1. The Hall–Kier alpha value is -1.03. The van der Waals surface area contributed by atoms with Gasteiger partial charge in [-0.05, 0) is 19.3 Å². The summed E-state index contributed by atoms with van der Waals surface area (Å²) >= 11 is 0. The molecule has 1 aromatic rings. The number of nitrogens with one attached hydrogen (secondary N) is 1. The molecule has 17 heavy (non-hydrogen) atoms. The number of methoxy groups -OCH3 is 1. The third-order valence-corrected chi connectivity index (χ3v) is 3.58. The third kappa shape index (κ3) is 3.00. The van der Waals surface area contributed by atoms with E-state index >= 15 is 0 Å². The van der Waals surface area contributed by atoms with Crippen molar-refractivity contribution >= 4 is 5.95 Å². The third-order valence-electron chi connectivity index (χ3n) is 3.58. The van der Waals surface area contributed by atoms with E-state index in [1.807, 2.05) is 12.4 Å². The first-order valence-corrected chi connectivity index (χ1v) is 6.63. The van der Waals surface area contributed by atoms with Gasteiger partial charge in [0.05, 0.1) is 12.6 Å². The molecule has 1 unspecified atom stereocenters. The van der Waals surface area contributed by atoms with Crippen molar-refractivity contribution in [2.75, 3.05) is 19.0 Å². The fourth-order valence-electron chi connectivity index (χ4n) is 2.56. The fourth-order valence-corrected chi connectivity index (χ4v) is 2.56. The molecule has 0 bridgehead atoms. The van der Waals surface area contributed by atoms with Gasteiger partial charge in [-0.1, -0.05) is 19.8 Å². The molecule has 1 saturated carbocycles. The molecule has 1 N–H and O–H groups in total. The number of anilines is 1. The lowest BCUT2D eigenvalue weighted by Gasteiger charge is -2.21. The Morgan fingerprint density at radius 1 is 1.53 bits per heavy atom. The first kappa shape index (κ1) is 12.4. The van der Waals surface area contributed by atoms with E-state index < -0.39 is 0 Å². The van der Waals surface area contributed by atoms with Gasteiger partial charge in [-0.25, -0.2) is 4.98 Å². The lowest BCUT2D eigenvalue weighted by molar-refractivity contribution is 0.154. The molecule has 0 aliphatic heterocycles. The van der Waals surface area contributed by atoms with Crippen LogP contribution in [0.5, 0.6) is 0 Å². The molecule has 0 saturated heterocycles. The minimum Gasteiger partial charge on any atom is -0.383 e. The highest BCUT2D eigenvalue weighted by Gasteiger charge is 2.18. The molecule has 1 atom stereocenters. The maximum absolute atomic E-state index is 5.27. The monoisotopic (exact) mass is 237 g/mol. The predicted octanol–water partition coefficient (Wildman–Crippen LogP) is 2.84. The van der Waals surface area contributed by atoms with Crippen LogP contribution in [0.3, 0.4) is 0 Å². The van der Waals surface area contributed by atoms with Crippen molar-refractivity contribution < 1.29 is 4.74 Å². The van der Waals surface area contributed by atoms with Crippen molar-refractivity contribution in [3.8, 4) is 0 Å². The fraction of sp³-hybridized carbons (Fsp3) is 0.769. The van der Waals surface area contributed by atoms with Gasteiger partial charge in [-0.3, -0.25) is 0 Å². The van der Waals surface area contributed by atoms with E-state index in [-0.39, 0.29) is 0 Å². The lowest BCUT2D eigenvalue weighted by Crippen LogP contribution is -2.21. The van der Waals surface area contributed by atoms with Crippen molar-refractivity contribution in [2.45, 2.75) is 51.1 Å². The average molecular weight is 237 g/mol. The van der Waals surface area contributed by atoms with Crippen LogP contribution in [0.4, 0.5) is 5.95 Å². The smallest absolute Gasteiger partial charge is 0.203 e. The van der Waals surface area contributed by atoms with Gasteiger partial charge in [-0.2, -0.15) is 0 Å². The molecule has 0 aromatic carbocycles. The molecule has 1 aliphatic carbocycles. The molecule has 4 heteroatoms. The molecule has 0 amide bonds. The van der Waals surface area contributed by atoms with E-state index in [0.29, 0.717) is 12.1 Å². The molecule has 1 fully saturated rings. The van der Waals surface area contributed by atoms with Crippen LogP contribution in [0.2, 0.25) is 0 Å². The number of hydrogen-bond acceptors (Lipinski definition) is 3. The Balaban J connectivity index is 2.03. The van der Waals surface area contributed by atoms with Gasteiger partial charge in [0.15, 0.2) is 0 Å². The summed E-state index contributed by atoms with van der Waals surface area (Å²) in [7, 11) is 1.75. The Labute approximate surface area is 103 Å². The van der Waals surface area contributed by atoms with Gasteiger partial charge in [0.1, 0.15) is 0 Å². The molecule has 0 radical (unpaired) electrons. The first-order valence-electron chi connectivity index (χ1n) is 6.63. The molecule has 96 valence electrons. The van der Waals surface area contributed by atoms with Crippen LogP contribution in [-0.2, 0) is 4.74 Å². The summed E-state index contributed by atoms with van der Waals surface area (Å²) in [6.07, 6.45) is 10.2. The maximum atomic E-state index is 5.27. The van der Waals surface area contributed by atoms with Crippen LogP contribution in [-0.4, -0.2) is 29.3 Å². The van der Waals surface area contributed by atoms with E-state index in [9.17, 15) is 0 Å². The number of rotatable bonds is 6. The average Bonchev–Trinajstić information content (AvgIpc) is 2.98. The lowest BCUT2D eigenvalue weighted by atomic mass is 10.2. The van der Waals surface area contributed by atoms with Crippen LogP contribution < -0.4 is 5.32 Å². The van der Waals surface area contributed by atoms with Crippen LogP contribution in [0, 0.1) is 0 Å². The van der Waals surface area contributed by atoms with Crippen molar-refractivity contribution in [1.82, 2.24) is 9.55 Å². The van der Waals surface area contributed by atoms with Crippen LogP contribution in [0.15, 0.2) is 12.4 Å². The van der Waals surface area contributed by atoms with E-state index in [0.717, 1.165) is 19.0 Å². The standard InChI is InChI=1S/C13H23N3O/c1-3-12(10-17-2)16-9-8-14-13(16)15-11-6-4-5-7-11/h8-9,11-12H,3-7,10H2,1-2H3,(H,14,15). The Bertz CT molecular complexity index is 331. The topological polar surface area (TPSA) is 39.1 Å². The second-order valence-electron chi connectivity index (χ2n) is 4.80. The van der Waals surface area contributed by atoms with E-state index in [1.54, 1.807) is 7.11 Å². The normalized spacial score (nSPS) is 18.5. The van der Waals surface area contributed by atoms with Crippen LogP contribution >= 0.6 is 0 Å². The summed E-state index contributed by atoms with van der Waals surface area (Å²) < 4.78 is 7.48. The molecule has 0 spiro atoms. The van der Waals surface area contributed by atoms with E-state index in [1.165, 1.54) is 25.7 Å². The maximum Gasteiger partial charge on any atom is 0.203 e. The zero-order valence-electron chi connectivity index (χ0n) is 10.9. The highest BCUT2D eigenvalue weighted by molar-refractivity contribution is 5.28. The quantitative estimate of drug-likeness (QED) is 0.827. The number of hydrogen-bond donors (Lipinski definition) is 1. The molecular weight excluding hydrogens is 214 g/mol. The highest BCUT2D eigenvalue weighted by Crippen LogP contribution is 2.24. The molecule has 1 heterocycles. The van der Waals surface area contributed by atoms with Crippen LogP contribution in [0.25, 0.3) is 0 Å². The Morgan fingerprint density at radius 3 is 2.94 bits per heavy atom. The molecular formula is C13H23N3O. The second kappa shape index (κ2) is 6.05. The summed E-state index contributed by atoms with van der Waals surface area (Å²) in [5.41, 5.74) is 0. The van der Waals surface area contributed by atoms with Gasteiger partial charge in [0.2, 0.25) is 5.95 Å². The minimum absolute atomic E-state index is 0.381. The minimum atomic E-state index is 0.381. The molecule has 1 aliphatic rings. The van der Waals surface area contributed by atoms with Crippen molar-refractivity contribution in [3.63, 3.8) is 0 Å². The predicted molar refractivity (Wildman–Crippen MR) is 69.3 cm³/mol. The van der Waals surface area contributed by atoms with Gasteiger partial charge >= 0.3 is 0 Å². The van der Waals surface area contributed by atoms with E-state index in [4.69, 9.17) is 4.74 Å². The van der Waals surface area contributed by atoms with Crippen molar-refractivity contribution in [2.24, 2.45) is 0 Å². The molecule has 2 rings (SSSR count). The first-order chi connectivity index (χ1) is 8.35. The van der Waals surface area contributed by atoms with Gasteiger partial charge in [0, 0.05) is 25.5 Å².